The van der Waals surface area contributed by atoms with Gasteiger partial charge in [0.15, 0.2) is 11.2 Å². The average molecular weight is 389 g/mol. The van der Waals surface area contributed by atoms with Crippen LogP contribution in [0.15, 0.2) is 39.0 Å². The summed E-state index contributed by atoms with van der Waals surface area (Å²) in [6.07, 6.45) is 0.776. The zero-order valence-corrected chi connectivity index (χ0v) is 16.4. The molecule has 142 valence electrons. The maximum Gasteiger partial charge on any atom is 0.332 e. The number of hydrogen-bond acceptors (Lipinski definition) is 5. The van der Waals surface area contributed by atoms with E-state index in [9.17, 15) is 9.59 Å². The second kappa shape index (κ2) is 7.40. The van der Waals surface area contributed by atoms with E-state index in [4.69, 9.17) is 11.6 Å². The van der Waals surface area contributed by atoms with Gasteiger partial charge in [-0.05, 0) is 25.0 Å². The van der Waals surface area contributed by atoms with Crippen LogP contribution in [0.3, 0.4) is 0 Å². The topological polar surface area (TPSA) is 86.2 Å². The van der Waals surface area contributed by atoms with Gasteiger partial charge in [-0.1, -0.05) is 36.7 Å². The number of rotatable bonds is 5. The molecule has 0 aliphatic carbocycles. The number of aryl methyl sites for hydroxylation is 1. The second-order valence-corrected chi connectivity index (χ2v) is 6.71. The number of aromatic nitrogens is 4. The van der Waals surface area contributed by atoms with Gasteiger partial charge in [0.1, 0.15) is 0 Å². The molecule has 27 heavy (non-hydrogen) atoms. The Morgan fingerprint density at radius 3 is 2.59 bits per heavy atom. The molecule has 9 heteroatoms. The lowest BCUT2D eigenvalue weighted by Crippen LogP contribution is -2.37. The number of fused-ring (bicyclic) bond motifs is 1. The van der Waals surface area contributed by atoms with Crippen LogP contribution in [0.5, 0.6) is 0 Å². The molecule has 0 aliphatic heterocycles. The van der Waals surface area contributed by atoms with E-state index in [1.165, 1.54) is 11.6 Å². The lowest BCUT2D eigenvalue weighted by atomic mass is 10.2. The van der Waals surface area contributed by atoms with Crippen LogP contribution >= 0.6 is 11.6 Å². The first kappa shape index (κ1) is 18.9. The van der Waals surface area contributed by atoms with Crippen molar-refractivity contribution in [3.05, 3.63) is 55.7 Å². The van der Waals surface area contributed by atoms with Crippen molar-refractivity contribution < 1.29 is 0 Å². The molecule has 3 rings (SSSR count). The Balaban J connectivity index is 2.28. The normalized spacial score (nSPS) is 12.0. The maximum absolute atomic E-state index is 12.8. The number of hydrogen-bond donors (Lipinski definition) is 1. The molecule has 0 aliphatic rings. The van der Waals surface area contributed by atoms with Crippen LogP contribution in [0.4, 0.5) is 5.95 Å². The summed E-state index contributed by atoms with van der Waals surface area (Å²) < 4.78 is 4.11. The van der Waals surface area contributed by atoms with Gasteiger partial charge in [0, 0.05) is 24.8 Å². The van der Waals surface area contributed by atoms with E-state index in [1.807, 2.05) is 32.0 Å². The summed E-state index contributed by atoms with van der Waals surface area (Å²) >= 11 is 6.30. The van der Waals surface area contributed by atoms with E-state index >= 15 is 0 Å². The molecule has 0 saturated carbocycles. The summed E-state index contributed by atoms with van der Waals surface area (Å²) in [7, 11) is 3.03. The number of halogens is 1. The molecule has 0 saturated heterocycles. The molecule has 1 N–H and O–H groups in total. The van der Waals surface area contributed by atoms with Crippen molar-refractivity contribution in [2.24, 2.45) is 19.2 Å². The Kier molecular flexibility index (Phi) is 5.18. The third-order valence-electron chi connectivity index (χ3n) is 4.49. The van der Waals surface area contributed by atoms with Crippen molar-refractivity contribution in [1.82, 2.24) is 18.7 Å². The summed E-state index contributed by atoms with van der Waals surface area (Å²) in [6, 6.07) is 7.39. The van der Waals surface area contributed by atoms with Crippen molar-refractivity contribution in [2.45, 2.75) is 26.8 Å². The number of imidazole rings is 1. The molecule has 8 nitrogen and oxygen atoms in total. The first-order chi connectivity index (χ1) is 12.8. The Hall–Kier alpha value is -2.87. The highest BCUT2D eigenvalue weighted by atomic mass is 35.5. The molecule has 2 aromatic heterocycles. The Morgan fingerprint density at radius 2 is 1.93 bits per heavy atom. The average Bonchev–Trinajstić information content (AvgIpc) is 3.03. The highest BCUT2D eigenvalue weighted by Gasteiger charge is 2.19. The van der Waals surface area contributed by atoms with Gasteiger partial charge < -0.3 is 0 Å². The largest absolute Gasteiger partial charge is 0.332 e. The first-order valence-electron chi connectivity index (χ1n) is 8.54. The Bertz CT molecular complexity index is 1160. The SMILES string of the molecule is CC/C(C)=N/Nc1nc2c(c(=O)n(C)c(=O)n2C)n1Cc1ccccc1Cl. The van der Waals surface area contributed by atoms with Crippen LogP contribution in [0.2, 0.25) is 5.02 Å². The number of nitrogens with zero attached hydrogens (tertiary/aromatic N) is 5. The molecule has 0 fully saturated rings. The zero-order chi connectivity index (χ0) is 19.7. The van der Waals surface area contributed by atoms with E-state index in [2.05, 4.69) is 15.5 Å². The fraction of sp³-hybridized carbons (Fsp3) is 0.333. The van der Waals surface area contributed by atoms with Crippen molar-refractivity contribution in [3.63, 3.8) is 0 Å². The van der Waals surface area contributed by atoms with Crippen LogP contribution in [-0.4, -0.2) is 24.4 Å². The highest BCUT2D eigenvalue weighted by molar-refractivity contribution is 6.31. The predicted octanol–water partition coefficient (Wildman–Crippen LogP) is 2.33. The quantitative estimate of drug-likeness (QED) is 0.537. The Labute approximate surface area is 160 Å². The van der Waals surface area contributed by atoms with Gasteiger partial charge in [0.25, 0.3) is 5.56 Å². The lowest BCUT2D eigenvalue weighted by molar-refractivity contribution is 0.702. The minimum atomic E-state index is -0.435. The summed E-state index contributed by atoms with van der Waals surface area (Å²) in [6.45, 7) is 4.20. The minimum Gasteiger partial charge on any atom is -0.298 e. The molecule has 1 aromatic carbocycles. The summed E-state index contributed by atoms with van der Waals surface area (Å²) in [4.78, 5) is 29.5. The molecular formula is C18H21ClN6O2. The minimum absolute atomic E-state index is 0.294. The standard InChI is InChI=1S/C18H21ClN6O2/c1-5-11(2)21-22-17-20-15-14(16(26)24(4)18(27)23(15)3)25(17)10-12-8-6-7-9-13(12)19/h6-9H,5,10H2,1-4H3,(H,20,22)/b21-11+. The molecule has 0 radical (unpaired) electrons. The number of benzene rings is 1. The van der Waals surface area contributed by atoms with Gasteiger partial charge in [0.2, 0.25) is 5.95 Å². The van der Waals surface area contributed by atoms with E-state index < -0.39 is 11.2 Å². The van der Waals surface area contributed by atoms with Gasteiger partial charge in [0.05, 0.1) is 6.54 Å². The smallest absolute Gasteiger partial charge is 0.298 e. The molecular weight excluding hydrogens is 368 g/mol. The van der Waals surface area contributed by atoms with Gasteiger partial charge in [-0.15, -0.1) is 0 Å². The van der Waals surface area contributed by atoms with Crippen LogP contribution < -0.4 is 16.7 Å². The van der Waals surface area contributed by atoms with E-state index in [0.717, 1.165) is 22.3 Å². The third kappa shape index (κ3) is 3.40. The zero-order valence-electron chi connectivity index (χ0n) is 15.7. The monoisotopic (exact) mass is 388 g/mol. The summed E-state index contributed by atoms with van der Waals surface area (Å²) in [5.74, 6) is 0.371. The van der Waals surface area contributed by atoms with Crippen LogP contribution in [0.25, 0.3) is 11.2 Å². The molecule has 3 aromatic rings. The van der Waals surface area contributed by atoms with Gasteiger partial charge in [-0.3, -0.25) is 18.5 Å². The van der Waals surface area contributed by atoms with Crippen molar-refractivity contribution >= 4 is 34.4 Å². The van der Waals surface area contributed by atoms with E-state index in [1.54, 1.807) is 17.7 Å². The first-order valence-corrected chi connectivity index (χ1v) is 8.91. The predicted molar refractivity (Wildman–Crippen MR) is 108 cm³/mol. The van der Waals surface area contributed by atoms with Gasteiger partial charge in [-0.2, -0.15) is 10.1 Å². The Morgan fingerprint density at radius 1 is 1.22 bits per heavy atom. The summed E-state index contributed by atoms with van der Waals surface area (Å²) in [5.41, 5.74) is 4.38. The van der Waals surface area contributed by atoms with Crippen LogP contribution in [0.1, 0.15) is 25.8 Å². The second-order valence-electron chi connectivity index (χ2n) is 6.30. The highest BCUT2D eigenvalue weighted by Crippen LogP contribution is 2.22. The van der Waals surface area contributed by atoms with Crippen LogP contribution in [-0.2, 0) is 20.6 Å². The van der Waals surface area contributed by atoms with Crippen molar-refractivity contribution in [3.8, 4) is 0 Å². The lowest BCUT2D eigenvalue weighted by Gasteiger charge is -2.10. The molecule has 0 bridgehead atoms. The van der Waals surface area contributed by atoms with Crippen LogP contribution in [0, 0.1) is 0 Å². The van der Waals surface area contributed by atoms with Gasteiger partial charge in [-0.25, -0.2) is 10.2 Å². The van der Waals surface area contributed by atoms with Crippen molar-refractivity contribution in [2.75, 3.05) is 5.43 Å². The maximum atomic E-state index is 12.8. The molecule has 0 unspecified atom stereocenters. The van der Waals surface area contributed by atoms with Crippen molar-refractivity contribution in [1.29, 1.82) is 0 Å². The molecule has 0 spiro atoms. The molecule has 0 amide bonds. The fourth-order valence-electron chi connectivity index (χ4n) is 2.71. The number of nitrogens with one attached hydrogen (secondary N) is 1. The van der Waals surface area contributed by atoms with Gasteiger partial charge >= 0.3 is 5.69 Å². The fourth-order valence-corrected chi connectivity index (χ4v) is 2.90. The molecule has 2 heterocycles. The molecule has 0 atom stereocenters. The third-order valence-corrected chi connectivity index (χ3v) is 4.86. The number of anilines is 1. The van der Waals surface area contributed by atoms with E-state index in [-0.39, 0.29) is 0 Å². The van der Waals surface area contributed by atoms with E-state index in [0.29, 0.717) is 28.7 Å². The number of hydrazone groups is 1. The summed E-state index contributed by atoms with van der Waals surface area (Å²) in [5, 5.41) is 4.87.